The first kappa shape index (κ1) is 27.1. The maximum atomic E-state index is 13.2. The number of nitrogens with zero attached hydrogens (tertiary/aromatic N) is 1. The molecule has 3 N–H and O–H groups in total. The van der Waals surface area contributed by atoms with Gasteiger partial charge in [-0.05, 0) is 53.9 Å². The van der Waals surface area contributed by atoms with Gasteiger partial charge in [0, 0.05) is 28.9 Å². The Bertz CT molecular complexity index is 1570. The monoisotopic (exact) mass is 597 g/mol. The number of morpholine rings is 1. The van der Waals surface area contributed by atoms with Gasteiger partial charge >= 0.3 is 16.2 Å². The van der Waals surface area contributed by atoms with Crippen molar-refractivity contribution in [3.8, 4) is 10.4 Å². The molecule has 1 aromatic heterocycles. The van der Waals surface area contributed by atoms with Crippen molar-refractivity contribution in [2.24, 2.45) is 0 Å². The lowest BCUT2D eigenvalue weighted by molar-refractivity contribution is -0.140. The zero-order valence-electron chi connectivity index (χ0n) is 19.8. The van der Waals surface area contributed by atoms with Gasteiger partial charge in [-0.15, -0.1) is 11.3 Å². The van der Waals surface area contributed by atoms with E-state index in [4.69, 9.17) is 16.3 Å². The van der Waals surface area contributed by atoms with E-state index in [-0.39, 0.29) is 29.4 Å². The quantitative estimate of drug-likeness (QED) is 0.343. The molecule has 0 spiro atoms. The number of halogens is 1. The summed E-state index contributed by atoms with van der Waals surface area (Å²) in [6, 6.07) is 16.4. The molecule has 5 rings (SSSR count). The van der Waals surface area contributed by atoms with E-state index in [1.54, 1.807) is 48.5 Å². The topological polar surface area (TPSA) is 142 Å². The second-order valence-corrected chi connectivity index (χ2v) is 14.1. The highest BCUT2D eigenvalue weighted by atomic mass is 35.5. The van der Waals surface area contributed by atoms with E-state index >= 15 is 0 Å². The van der Waals surface area contributed by atoms with Gasteiger partial charge in [0.15, 0.2) is 0 Å². The predicted octanol–water partition coefficient (Wildman–Crippen LogP) is 3.35. The molecular weight excluding hydrogens is 574 g/mol. The average molecular weight is 598 g/mol. The van der Waals surface area contributed by atoms with E-state index in [1.165, 1.54) is 16.4 Å². The molecule has 0 amide bonds. The molecule has 2 atom stereocenters. The molecule has 14 heteroatoms. The van der Waals surface area contributed by atoms with Gasteiger partial charge in [0.1, 0.15) is 9.75 Å². The van der Waals surface area contributed by atoms with Crippen LogP contribution in [0.4, 0.5) is 5.69 Å². The van der Waals surface area contributed by atoms with Gasteiger partial charge < -0.3 is 9.84 Å². The SMILES string of the molecule is O=C(O)C1(NS(=O)(=O)c2ccc(-c3ccc(Cl)cc3)s2)C[C@H]1c1cccc(NS(=O)(=O)N2CCOCC2)c1. The number of thiophene rings is 1. The van der Waals surface area contributed by atoms with Crippen molar-refractivity contribution < 1.29 is 31.5 Å². The Morgan fingerprint density at radius 3 is 2.45 bits per heavy atom. The van der Waals surface area contributed by atoms with E-state index in [0.29, 0.717) is 28.7 Å². The summed E-state index contributed by atoms with van der Waals surface area (Å²) in [6.07, 6.45) is 0.0245. The van der Waals surface area contributed by atoms with Crippen molar-refractivity contribution in [1.29, 1.82) is 0 Å². The van der Waals surface area contributed by atoms with Crippen LogP contribution in [0.1, 0.15) is 17.9 Å². The van der Waals surface area contributed by atoms with Crippen LogP contribution in [0.25, 0.3) is 10.4 Å². The Balaban J connectivity index is 1.34. The minimum Gasteiger partial charge on any atom is -0.480 e. The van der Waals surface area contributed by atoms with Crippen molar-refractivity contribution in [3.63, 3.8) is 0 Å². The molecule has 1 aliphatic carbocycles. The maximum absolute atomic E-state index is 13.2. The van der Waals surface area contributed by atoms with Crippen LogP contribution in [0.3, 0.4) is 0 Å². The standard InChI is InChI=1S/C24H24ClN3O7S3/c25-18-6-4-16(5-7-18)21-8-9-22(36-21)37(31,32)27-24(23(29)30)15-20(24)17-2-1-3-19(14-17)26-38(33,34)28-10-12-35-13-11-28/h1-9,14,20,26-27H,10-13,15H2,(H,29,30)/t20-,24?/m0/s1. The van der Waals surface area contributed by atoms with Crippen LogP contribution in [0.15, 0.2) is 64.9 Å². The first-order chi connectivity index (χ1) is 18.0. The van der Waals surface area contributed by atoms with Crippen molar-refractivity contribution in [3.05, 3.63) is 71.2 Å². The molecule has 1 saturated heterocycles. The Kier molecular flexibility index (Phi) is 7.28. The van der Waals surface area contributed by atoms with Crippen molar-refractivity contribution in [2.45, 2.75) is 22.1 Å². The molecule has 10 nitrogen and oxygen atoms in total. The molecule has 2 fully saturated rings. The Hall–Kier alpha value is -2.52. The molecule has 1 unspecified atom stereocenters. The molecule has 2 aliphatic rings. The van der Waals surface area contributed by atoms with Crippen LogP contribution in [0, 0.1) is 0 Å². The molecule has 3 aromatic rings. The number of hydrogen-bond acceptors (Lipinski definition) is 7. The van der Waals surface area contributed by atoms with E-state index < -0.39 is 37.7 Å². The number of carboxylic acids is 1. The summed E-state index contributed by atoms with van der Waals surface area (Å²) < 4.78 is 63.2. The summed E-state index contributed by atoms with van der Waals surface area (Å²) >= 11 is 6.95. The molecule has 202 valence electrons. The van der Waals surface area contributed by atoms with Crippen LogP contribution in [0.5, 0.6) is 0 Å². The zero-order chi connectivity index (χ0) is 27.1. The molecule has 2 heterocycles. The van der Waals surface area contributed by atoms with Crippen LogP contribution >= 0.6 is 22.9 Å². The number of carbonyl (C=O) groups is 1. The van der Waals surface area contributed by atoms with Crippen molar-refractivity contribution >= 4 is 54.8 Å². The molecule has 0 radical (unpaired) electrons. The summed E-state index contributed by atoms with van der Waals surface area (Å²) in [6.45, 7) is 1.06. The molecule has 2 aromatic carbocycles. The van der Waals surface area contributed by atoms with Crippen LogP contribution in [-0.4, -0.2) is 64.1 Å². The number of benzene rings is 2. The highest BCUT2D eigenvalue weighted by Crippen LogP contribution is 2.53. The molecule has 38 heavy (non-hydrogen) atoms. The van der Waals surface area contributed by atoms with Gasteiger partial charge in [0.2, 0.25) is 0 Å². The van der Waals surface area contributed by atoms with Gasteiger partial charge in [0.25, 0.3) is 10.0 Å². The number of nitrogens with one attached hydrogen (secondary N) is 2. The number of carboxylic acid groups (broad SMARTS) is 1. The smallest absolute Gasteiger partial charge is 0.325 e. The average Bonchev–Trinajstić information content (AvgIpc) is 3.37. The molecular formula is C24H24ClN3O7S3. The molecule has 1 saturated carbocycles. The third-order valence-corrected chi connectivity index (χ3v) is 11.4. The summed E-state index contributed by atoms with van der Waals surface area (Å²) in [5, 5.41) is 10.6. The maximum Gasteiger partial charge on any atom is 0.325 e. The van der Waals surface area contributed by atoms with E-state index in [1.807, 2.05) is 0 Å². The second kappa shape index (κ2) is 10.2. The summed E-state index contributed by atoms with van der Waals surface area (Å²) in [5.74, 6) is -1.99. The number of hydrogen-bond donors (Lipinski definition) is 3. The summed E-state index contributed by atoms with van der Waals surface area (Å²) in [5.41, 5.74) is -0.195. The Morgan fingerprint density at radius 2 is 1.76 bits per heavy atom. The van der Waals surface area contributed by atoms with Gasteiger partial charge in [-0.2, -0.15) is 17.4 Å². The summed E-state index contributed by atoms with van der Waals surface area (Å²) in [7, 11) is -7.98. The van der Waals surface area contributed by atoms with Gasteiger partial charge in [-0.25, -0.2) is 8.42 Å². The summed E-state index contributed by atoms with van der Waals surface area (Å²) in [4.78, 5) is 13.0. The number of ether oxygens (including phenoxy) is 1. The Labute approximate surface area is 229 Å². The van der Waals surface area contributed by atoms with Gasteiger partial charge in [-0.1, -0.05) is 35.9 Å². The largest absolute Gasteiger partial charge is 0.480 e. The molecule has 0 bridgehead atoms. The lowest BCUT2D eigenvalue weighted by Crippen LogP contribution is -2.44. The first-order valence-electron chi connectivity index (χ1n) is 11.6. The fraction of sp³-hybridized carbons (Fsp3) is 0.292. The minimum absolute atomic E-state index is 0.0132. The van der Waals surface area contributed by atoms with Crippen LogP contribution < -0.4 is 9.44 Å². The van der Waals surface area contributed by atoms with E-state index in [2.05, 4.69) is 9.44 Å². The number of rotatable bonds is 9. The Morgan fingerprint density at radius 1 is 1.05 bits per heavy atom. The van der Waals surface area contributed by atoms with E-state index in [9.17, 15) is 26.7 Å². The lowest BCUT2D eigenvalue weighted by Gasteiger charge is -2.26. The van der Waals surface area contributed by atoms with Crippen LogP contribution in [-0.2, 0) is 29.8 Å². The van der Waals surface area contributed by atoms with E-state index in [0.717, 1.165) is 16.9 Å². The number of sulfonamides is 1. The lowest BCUT2D eigenvalue weighted by atomic mass is 10.1. The highest BCUT2D eigenvalue weighted by molar-refractivity contribution is 7.91. The zero-order valence-corrected chi connectivity index (χ0v) is 23.0. The highest BCUT2D eigenvalue weighted by Gasteiger charge is 2.63. The van der Waals surface area contributed by atoms with Crippen molar-refractivity contribution in [1.82, 2.24) is 9.03 Å². The molecule has 1 aliphatic heterocycles. The minimum atomic E-state index is -4.16. The number of anilines is 1. The fourth-order valence-electron chi connectivity index (χ4n) is 4.40. The second-order valence-electron chi connectivity index (χ2n) is 9.01. The first-order valence-corrected chi connectivity index (χ1v) is 15.7. The third-order valence-electron chi connectivity index (χ3n) is 6.48. The predicted molar refractivity (Wildman–Crippen MR) is 144 cm³/mol. The third kappa shape index (κ3) is 5.45. The normalized spacial score (nSPS) is 22.2. The van der Waals surface area contributed by atoms with Crippen molar-refractivity contribution in [2.75, 3.05) is 31.0 Å². The fourth-order valence-corrected chi connectivity index (χ4v) is 8.43. The van der Waals surface area contributed by atoms with Crippen LogP contribution in [0.2, 0.25) is 5.02 Å². The number of aliphatic carboxylic acids is 1. The van der Waals surface area contributed by atoms with Gasteiger partial charge in [0.05, 0.1) is 18.9 Å². The van der Waals surface area contributed by atoms with Gasteiger partial charge in [-0.3, -0.25) is 9.52 Å².